The van der Waals surface area contributed by atoms with Crippen LogP contribution >= 0.6 is 15.9 Å². The van der Waals surface area contributed by atoms with Crippen LogP contribution in [0.25, 0.3) is 0 Å². The fraction of sp³-hybridized carbons (Fsp3) is 0.455. The number of alkyl halides is 1. The highest BCUT2D eigenvalue weighted by Crippen LogP contribution is 2.37. The fourth-order valence-electron chi connectivity index (χ4n) is 1.95. The molecule has 0 aliphatic heterocycles. The second kappa shape index (κ2) is 3.61. The van der Waals surface area contributed by atoms with Crippen LogP contribution in [0.15, 0.2) is 30.3 Å². The van der Waals surface area contributed by atoms with E-state index in [1.54, 1.807) is 0 Å². The summed E-state index contributed by atoms with van der Waals surface area (Å²) in [6, 6.07) is 10.9. The molecule has 0 radical (unpaired) electrons. The molecule has 64 valence electrons. The minimum absolute atomic E-state index is 0.753. The Morgan fingerprint density at radius 2 is 1.83 bits per heavy atom. The zero-order valence-corrected chi connectivity index (χ0v) is 8.63. The van der Waals surface area contributed by atoms with Crippen molar-refractivity contribution in [2.24, 2.45) is 0 Å². The first-order chi connectivity index (χ1) is 5.86. The summed E-state index contributed by atoms with van der Waals surface area (Å²) in [5.41, 5.74) is 1.51. The van der Waals surface area contributed by atoms with Crippen molar-refractivity contribution in [2.75, 3.05) is 0 Å². The number of halogens is 1. The van der Waals surface area contributed by atoms with Gasteiger partial charge in [-0.25, -0.2) is 0 Å². The molecular weight excluding hydrogens is 212 g/mol. The molecule has 1 heteroatoms. The van der Waals surface area contributed by atoms with E-state index in [0.717, 1.165) is 10.7 Å². The Labute approximate surface area is 82.1 Å². The zero-order chi connectivity index (χ0) is 8.39. The van der Waals surface area contributed by atoms with Gasteiger partial charge >= 0.3 is 0 Å². The van der Waals surface area contributed by atoms with Crippen molar-refractivity contribution in [3.05, 3.63) is 35.9 Å². The van der Waals surface area contributed by atoms with Crippen LogP contribution in [0, 0.1) is 0 Å². The van der Waals surface area contributed by atoms with Gasteiger partial charge in [-0.3, -0.25) is 0 Å². The van der Waals surface area contributed by atoms with E-state index in [4.69, 9.17) is 0 Å². The van der Waals surface area contributed by atoms with E-state index >= 15 is 0 Å². The predicted molar refractivity (Wildman–Crippen MR) is 55.7 cm³/mol. The molecule has 0 heterocycles. The van der Waals surface area contributed by atoms with Gasteiger partial charge in [-0.05, 0) is 30.7 Å². The SMILES string of the molecule is BrC1CCC(c2ccccc2)C1. The van der Waals surface area contributed by atoms with Crippen molar-refractivity contribution in [2.45, 2.75) is 30.0 Å². The minimum atomic E-state index is 0.753. The summed E-state index contributed by atoms with van der Waals surface area (Å²) in [4.78, 5) is 0.753. The van der Waals surface area contributed by atoms with Gasteiger partial charge in [0, 0.05) is 4.83 Å². The molecule has 1 aromatic carbocycles. The third-order valence-electron chi connectivity index (χ3n) is 2.64. The Morgan fingerprint density at radius 1 is 1.08 bits per heavy atom. The Balaban J connectivity index is 2.11. The Kier molecular flexibility index (Phi) is 2.50. The molecule has 12 heavy (non-hydrogen) atoms. The van der Waals surface area contributed by atoms with Crippen LogP contribution in [-0.2, 0) is 0 Å². The van der Waals surface area contributed by atoms with Gasteiger partial charge in [0.2, 0.25) is 0 Å². The van der Waals surface area contributed by atoms with Crippen LogP contribution in [0.4, 0.5) is 0 Å². The molecular formula is C11H13Br. The van der Waals surface area contributed by atoms with Gasteiger partial charge in [0.1, 0.15) is 0 Å². The van der Waals surface area contributed by atoms with Gasteiger partial charge in [-0.1, -0.05) is 46.3 Å². The molecule has 0 spiro atoms. The third-order valence-corrected chi connectivity index (χ3v) is 3.47. The van der Waals surface area contributed by atoms with Crippen molar-refractivity contribution in [1.29, 1.82) is 0 Å². The molecule has 1 aliphatic carbocycles. The fourth-order valence-corrected chi connectivity index (χ4v) is 2.67. The van der Waals surface area contributed by atoms with Gasteiger partial charge in [0.15, 0.2) is 0 Å². The largest absolute Gasteiger partial charge is 0.0890 e. The number of hydrogen-bond acceptors (Lipinski definition) is 0. The summed E-state index contributed by atoms with van der Waals surface area (Å²) in [5, 5.41) is 0. The zero-order valence-electron chi connectivity index (χ0n) is 7.04. The third kappa shape index (κ3) is 1.71. The van der Waals surface area contributed by atoms with E-state index in [1.807, 2.05) is 0 Å². The second-order valence-corrected chi connectivity index (χ2v) is 4.81. The van der Waals surface area contributed by atoms with Crippen molar-refractivity contribution < 1.29 is 0 Å². The van der Waals surface area contributed by atoms with Crippen molar-refractivity contribution in [3.8, 4) is 0 Å². The van der Waals surface area contributed by atoms with Crippen LogP contribution in [-0.4, -0.2) is 4.83 Å². The highest BCUT2D eigenvalue weighted by Gasteiger charge is 2.23. The molecule has 0 aromatic heterocycles. The normalized spacial score (nSPS) is 29.1. The van der Waals surface area contributed by atoms with Gasteiger partial charge in [0.05, 0.1) is 0 Å². The monoisotopic (exact) mass is 224 g/mol. The quantitative estimate of drug-likeness (QED) is 0.639. The van der Waals surface area contributed by atoms with Crippen LogP contribution < -0.4 is 0 Å². The highest BCUT2D eigenvalue weighted by molar-refractivity contribution is 9.09. The lowest BCUT2D eigenvalue weighted by atomic mass is 9.98. The number of hydrogen-bond donors (Lipinski definition) is 0. The lowest BCUT2D eigenvalue weighted by Crippen LogP contribution is -1.93. The average molecular weight is 225 g/mol. The summed E-state index contributed by atoms with van der Waals surface area (Å²) in [5.74, 6) is 0.801. The van der Waals surface area contributed by atoms with Gasteiger partial charge < -0.3 is 0 Å². The average Bonchev–Trinajstić information content (AvgIpc) is 2.54. The summed E-state index contributed by atoms with van der Waals surface area (Å²) in [7, 11) is 0. The number of benzene rings is 1. The van der Waals surface area contributed by atoms with Crippen LogP contribution in [0.3, 0.4) is 0 Å². The standard InChI is InChI=1S/C11H13Br/c12-11-7-6-10(8-11)9-4-2-1-3-5-9/h1-5,10-11H,6-8H2. The van der Waals surface area contributed by atoms with E-state index in [1.165, 1.54) is 24.8 Å². The molecule has 0 nitrogen and oxygen atoms in total. The van der Waals surface area contributed by atoms with Gasteiger partial charge in [-0.15, -0.1) is 0 Å². The molecule has 0 amide bonds. The molecule has 0 N–H and O–H groups in total. The summed E-state index contributed by atoms with van der Waals surface area (Å²) < 4.78 is 0. The smallest absolute Gasteiger partial charge is 0.0151 e. The van der Waals surface area contributed by atoms with Crippen LogP contribution in [0.1, 0.15) is 30.7 Å². The van der Waals surface area contributed by atoms with E-state index in [-0.39, 0.29) is 0 Å². The Morgan fingerprint density at radius 3 is 2.42 bits per heavy atom. The molecule has 1 aliphatic rings. The first-order valence-electron chi connectivity index (χ1n) is 4.55. The molecule has 0 bridgehead atoms. The van der Waals surface area contributed by atoms with E-state index in [2.05, 4.69) is 46.3 Å². The van der Waals surface area contributed by atoms with Gasteiger partial charge in [0.25, 0.3) is 0 Å². The first kappa shape index (κ1) is 8.31. The highest BCUT2D eigenvalue weighted by atomic mass is 79.9. The predicted octanol–water partition coefficient (Wildman–Crippen LogP) is 3.72. The molecule has 1 fully saturated rings. The first-order valence-corrected chi connectivity index (χ1v) is 5.47. The van der Waals surface area contributed by atoms with Crippen molar-refractivity contribution in [3.63, 3.8) is 0 Å². The molecule has 1 aromatic rings. The van der Waals surface area contributed by atoms with Gasteiger partial charge in [-0.2, -0.15) is 0 Å². The van der Waals surface area contributed by atoms with E-state index in [0.29, 0.717) is 0 Å². The molecule has 0 saturated heterocycles. The maximum atomic E-state index is 3.68. The number of rotatable bonds is 1. The van der Waals surface area contributed by atoms with Crippen molar-refractivity contribution in [1.82, 2.24) is 0 Å². The van der Waals surface area contributed by atoms with E-state index in [9.17, 15) is 0 Å². The Bertz CT molecular complexity index is 242. The lowest BCUT2D eigenvalue weighted by molar-refractivity contribution is 0.725. The maximum absolute atomic E-state index is 3.68. The van der Waals surface area contributed by atoms with Crippen LogP contribution in [0.5, 0.6) is 0 Å². The molecule has 2 atom stereocenters. The Hall–Kier alpha value is -0.300. The van der Waals surface area contributed by atoms with Crippen molar-refractivity contribution >= 4 is 15.9 Å². The maximum Gasteiger partial charge on any atom is 0.0151 e. The summed E-state index contributed by atoms with van der Waals surface area (Å²) in [6.07, 6.45) is 3.99. The lowest BCUT2D eigenvalue weighted by Gasteiger charge is -2.08. The van der Waals surface area contributed by atoms with E-state index < -0.39 is 0 Å². The van der Waals surface area contributed by atoms with Crippen LogP contribution in [0.2, 0.25) is 0 Å². The molecule has 2 unspecified atom stereocenters. The molecule has 1 saturated carbocycles. The minimum Gasteiger partial charge on any atom is -0.0890 e. The summed E-state index contributed by atoms with van der Waals surface area (Å²) in [6.45, 7) is 0. The summed E-state index contributed by atoms with van der Waals surface area (Å²) >= 11 is 3.68. The second-order valence-electron chi connectivity index (χ2n) is 3.52. The topological polar surface area (TPSA) is 0 Å². The molecule has 2 rings (SSSR count).